The summed E-state index contributed by atoms with van der Waals surface area (Å²) in [5.41, 5.74) is 1.91. The molecule has 0 atom stereocenters. The largest absolute Gasteiger partial charge is 0.465 e. The van der Waals surface area contributed by atoms with Crippen LogP contribution in [0.1, 0.15) is 40.3 Å². The summed E-state index contributed by atoms with van der Waals surface area (Å²) in [5.74, 6) is -0.145. The van der Waals surface area contributed by atoms with Crippen molar-refractivity contribution < 1.29 is 28.3 Å². The molecule has 8 nitrogen and oxygen atoms in total. The van der Waals surface area contributed by atoms with E-state index in [9.17, 15) is 14.4 Å². The molecule has 4 rings (SSSR count). The molecule has 2 heterocycles. The van der Waals surface area contributed by atoms with Gasteiger partial charge in [0.25, 0.3) is 5.91 Å². The molecule has 1 amide bonds. The number of amidine groups is 1. The van der Waals surface area contributed by atoms with Crippen LogP contribution in [0.4, 0.5) is 5.69 Å². The molecule has 3 aromatic rings. The second-order valence-electron chi connectivity index (χ2n) is 7.56. The Hall–Kier alpha value is -4.11. The molecule has 0 radical (unpaired) electrons. The second-order valence-corrected chi connectivity index (χ2v) is 8.57. The van der Waals surface area contributed by atoms with Gasteiger partial charge in [0.05, 0.1) is 35.4 Å². The molecule has 0 unspecified atom stereocenters. The normalized spacial score (nSPS) is 15.5. The first-order valence-corrected chi connectivity index (χ1v) is 12.1. The molecule has 184 valence electrons. The maximum absolute atomic E-state index is 13.0. The van der Waals surface area contributed by atoms with Crippen LogP contribution in [-0.4, -0.2) is 48.2 Å². The van der Waals surface area contributed by atoms with E-state index in [1.54, 1.807) is 78.6 Å². The number of hydrogen-bond acceptors (Lipinski definition) is 8. The van der Waals surface area contributed by atoms with Crippen molar-refractivity contribution in [2.45, 2.75) is 13.8 Å². The van der Waals surface area contributed by atoms with Gasteiger partial charge < -0.3 is 13.9 Å². The van der Waals surface area contributed by atoms with E-state index in [4.69, 9.17) is 13.9 Å². The lowest BCUT2D eigenvalue weighted by atomic mass is 10.1. The lowest BCUT2D eigenvalue weighted by Gasteiger charge is -2.12. The average Bonchev–Trinajstić information content (AvgIpc) is 3.48. The molecule has 1 fully saturated rings. The minimum Gasteiger partial charge on any atom is -0.465 e. The predicted octanol–water partition coefficient (Wildman–Crippen LogP) is 5.53. The zero-order chi connectivity index (χ0) is 25.7. The first-order chi connectivity index (χ1) is 17.4. The van der Waals surface area contributed by atoms with Crippen LogP contribution in [0.25, 0.3) is 17.4 Å². The highest BCUT2D eigenvalue weighted by molar-refractivity contribution is 8.18. The third kappa shape index (κ3) is 5.26. The fourth-order valence-corrected chi connectivity index (χ4v) is 4.63. The van der Waals surface area contributed by atoms with Gasteiger partial charge in [-0.1, -0.05) is 24.3 Å². The lowest BCUT2D eigenvalue weighted by molar-refractivity contribution is -0.122. The Bertz CT molecular complexity index is 1370. The van der Waals surface area contributed by atoms with Gasteiger partial charge in [0.15, 0.2) is 5.17 Å². The Balaban J connectivity index is 1.61. The quantitative estimate of drug-likeness (QED) is 0.308. The van der Waals surface area contributed by atoms with Crippen LogP contribution in [0.5, 0.6) is 0 Å². The highest BCUT2D eigenvalue weighted by atomic mass is 32.2. The Kier molecular flexibility index (Phi) is 7.70. The number of amides is 1. The van der Waals surface area contributed by atoms with Crippen molar-refractivity contribution in [2.24, 2.45) is 4.99 Å². The van der Waals surface area contributed by atoms with Gasteiger partial charge in [-0.3, -0.25) is 9.69 Å². The fourth-order valence-electron chi connectivity index (χ4n) is 3.59. The molecule has 1 aliphatic heterocycles. The van der Waals surface area contributed by atoms with Crippen molar-refractivity contribution in [1.29, 1.82) is 0 Å². The van der Waals surface area contributed by atoms with E-state index in [0.717, 1.165) is 0 Å². The van der Waals surface area contributed by atoms with Gasteiger partial charge in [0.2, 0.25) is 0 Å². The number of furan rings is 1. The highest BCUT2D eigenvalue weighted by Crippen LogP contribution is 2.35. The van der Waals surface area contributed by atoms with E-state index in [1.165, 1.54) is 18.9 Å². The molecular weight excluding hydrogens is 480 g/mol. The number of methoxy groups -OCH3 is 1. The number of nitrogens with zero attached hydrogens (tertiary/aromatic N) is 2. The van der Waals surface area contributed by atoms with E-state index in [1.807, 2.05) is 6.92 Å². The zero-order valence-corrected chi connectivity index (χ0v) is 20.8. The molecule has 1 aliphatic rings. The predicted molar refractivity (Wildman–Crippen MR) is 138 cm³/mol. The molecule has 0 saturated carbocycles. The van der Waals surface area contributed by atoms with Gasteiger partial charge in [0, 0.05) is 18.2 Å². The monoisotopic (exact) mass is 504 g/mol. The van der Waals surface area contributed by atoms with Gasteiger partial charge in [-0.25, -0.2) is 14.6 Å². The molecular formula is C27H24N2O6S. The summed E-state index contributed by atoms with van der Waals surface area (Å²) in [6, 6.07) is 17.2. The molecule has 1 saturated heterocycles. The first kappa shape index (κ1) is 25.0. The van der Waals surface area contributed by atoms with Crippen molar-refractivity contribution >= 4 is 46.5 Å². The number of rotatable bonds is 7. The Morgan fingerprint density at radius 2 is 1.86 bits per heavy atom. The van der Waals surface area contributed by atoms with Crippen molar-refractivity contribution in [3.05, 3.63) is 82.5 Å². The Morgan fingerprint density at radius 1 is 1.06 bits per heavy atom. The standard InChI is InChI=1S/C27H24N2O6S/c1-4-29-24(30)23(36-27(29)28-18-10-8-9-17(15-18)25(31)34-5-2)16-19-13-14-22(35-19)20-11-6-7-12-21(20)26(32)33-3/h6-16H,4-5H2,1-3H3. The molecule has 1 aromatic heterocycles. The number of carbonyl (C=O) groups excluding carboxylic acids is 3. The number of hydrogen-bond donors (Lipinski definition) is 0. The average molecular weight is 505 g/mol. The second kappa shape index (κ2) is 11.1. The topological polar surface area (TPSA) is 98.4 Å². The third-order valence-electron chi connectivity index (χ3n) is 5.28. The van der Waals surface area contributed by atoms with Crippen LogP contribution in [0.15, 0.2) is 75.0 Å². The Morgan fingerprint density at radius 3 is 2.61 bits per heavy atom. The summed E-state index contributed by atoms with van der Waals surface area (Å²) in [6.07, 6.45) is 1.65. The summed E-state index contributed by atoms with van der Waals surface area (Å²) in [5, 5.41) is 0.498. The summed E-state index contributed by atoms with van der Waals surface area (Å²) >= 11 is 1.22. The van der Waals surface area contributed by atoms with Crippen LogP contribution in [0.2, 0.25) is 0 Å². The number of likely N-dealkylation sites (N-methyl/N-ethyl adjacent to an activating group) is 1. The first-order valence-electron chi connectivity index (χ1n) is 11.3. The van der Waals surface area contributed by atoms with Crippen LogP contribution in [0.3, 0.4) is 0 Å². The lowest BCUT2D eigenvalue weighted by Crippen LogP contribution is -2.28. The molecule has 0 bridgehead atoms. The van der Waals surface area contributed by atoms with Crippen molar-refractivity contribution in [2.75, 3.05) is 20.3 Å². The minimum absolute atomic E-state index is 0.198. The Labute approximate surface area is 212 Å². The van der Waals surface area contributed by atoms with Crippen LogP contribution >= 0.6 is 11.8 Å². The van der Waals surface area contributed by atoms with Gasteiger partial charge in [-0.05, 0) is 62.0 Å². The number of benzene rings is 2. The van der Waals surface area contributed by atoms with Crippen LogP contribution < -0.4 is 0 Å². The molecule has 2 aromatic carbocycles. The highest BCUT2D eigenvalue weighted by Gasteiger charge is 2.32. The number of esters is 2. The maximum atomic E-state index is 13.0. The van der Waals surface area contributed by atoms with Crippen LogP contribution in [-0.2, 0) is 14.3 Å². The summed E-state index contributed by atoms with van der Waals surface area (Å²) in [4.78, 5) is 43.8. The van der Waals surface area contributed by atoms with Gasteiger partial charge in [-0.2, -0.15) is 0 Å². The summed E-state index contributed by atoms with van der Waals surface area (Å²) in [6.45, 7) is 4.31. The molecule has 0 aliphatic carbocycles. The molecule has 36 heavy (non-hydrogen) atoms. The van der Waals surface area contributed by atoms with E-state index in [-0.39, 0.29) is 12.5 Å². The van der Waals surface area contributed by atoms with Gasteiger partial charge in [0.1, 0.15) is 11.5 Å². The van der Waals surface area contributed by atoms with E-state index in [2.05, 4.69) is 4.99 Å². The van der Waals surface area contributed by atoms with E-state index < -0.39 is 11.9 Å². The third-order valence-corrected chi connectivity index (χ3v) is 6.29. The van der Waals surface area contributed by atoms with Crippen molar-refractivity contribution in [3.63, 3.8) is 0 Å². The molecule has 0 N–H and O–H groups in total. The van der Waals surface area contributed by atoms with Crippen LogP contribution in [0, 0.1) is 0 Å². The van der Waals surface area contributed by atoms with Crippen molar-refractivity contribution in [3.8, 4) is 11.3 Å². The van der Waals surface area contributed by atoms with E-state index in [0.29, 0.717) is 50.5 Å². The smallest absolute Gasteiger partial charge is 0.338 e. The maximum Gasteiger partial charge on any atom is 0.338 e. The fraction of sp³-hybridized carbons (Fsp3) is 0.185. The summed E-state index contributed by atoms with van der Waals surface area (Å²) in [7, 11) is 1.33. The number of thioether (sulfide) groups is 1. The minimum atomic E-state index is -0.463. The SMILES string of the molecule is CCOC(=O)c1cccc(N=C2SC(=Cc3ccc(-c4ccccc4C(=O)OC)o3)C(=O)N2CC)c1. The van der Waals surface area contributed by atoms with Crippen molar-refractivity contribution in [1.82, 2.24) is 4.90 Å². The molecule has 9 heteroatoms. The number of aliphatic imine (C=N–C) groups is 1. The molecule has 0 spiro atoms. The van der Waals surface area contributed by atoms with Gasteiger partial charge >= 0.3 is 11.9 Å². The zero-order valence-electron chi connectivity index (χ0n) is 20.0. The summed E-state index contributed by atoms with van der Waals surface area (Å²) < 4.78 is 15.9. The van der Waals surface area contributed by atoms with E-state index >= 15 is 0 Å². The number of carbonyl (C=O) groups is 3. The number of ether oxygens (including phenoxy) is 2. The van der Waals surface area contributed by atoms with Gasteiger partial charge in [-0.15, -0.1) is 0 Å².